The van der Waals surface area contributed by atoms with Crippen molar-refractivity contribution in [3.63, 3.8) is 0 Å². The number of nitrogens with one attached hydrogen (secondary N) is 3. The van der Waals surface area contributed by atoms with Crippen molar-refractivity contribution in [1.82, 2.24) is 50.2 Å². The molecule has 0 rings (SSSR count). The van der Waals surface area contributed by atoms with E-state index in [0.717, 1.165) is 9.80 Å². The molecule has 83 heavy (non-hydrogen) atoms. The molecule has 0 aromatic carbocycles. The molecular weight excluding hydrogens is 1070 g/mol. The highest BCUT2D eigenvalue weighted by atomic mass is 16.3. The van der Waals surface area contributed by atoms with Gasteiger partial charge in [-0.2, -0.15) is 0 Å². The number of allylic oxidation sites excluding steroid dienone is 2. The maximum atomic E-state index is 15.1. The minimum Gasteiger partial charge on any atom is -0.390 e. The first kappa shape index (κ1) is 76.9. The largest absolute Gasteiger partial charge is 0.390 e. The molecule has 0 aliphatic carbocycles. The summed E-state index contributed by atoms with van der Waals surface area (Å²) in [5.74, 6) is -8.52. The van der Waals surface area contributed by atoms with Crippen LogP contribution in [0.15, 0.2) is 12.2 Å². The summed E-state index contributed by atoms with van der Waals surface area (Å²) in [5, 5.41) is 20.0. The third-order valence-electron chi connectivity index (χ3n) is 15.8. The van der Waals surface area contributed by atoms with Gasteiger partial charge in [-0.25, -0.2) is 0 Å². The van der Waals surface area contributed by atoms with Crippen LogP contribution in [-0.4, -0.2) is 221 Å². The Hall–Kier alpha value is -6.13. The molecule has 0 radical (unpaired) electrons. The van der Waals surface area contributed by atoms with Gasteiger partial charge in [0, 0.05) is 55.3 Å². The molecule has 12 atom stereocenters. The molecule has 23 heteroatoms. The third kappa shape index (κ3) is 22.4. The zero-order chi connectivity index (χ0) is 65.0. The number of hydrogen-bond acceptors (Lipinski definition) is 12. The second kappa shape index (κ2) is 35.2. The van der Waals surface area contributed by atoms with Gasteiger partial charge in [-0.15, -0.1) is 0 Å². The molecule has 11 amide bonds. The zero-order valence-electron chi connectivity index (χ0n) is 54.9. The minimum absolute atomic E-state index is 0.0375. The fourth-order valence-corrected chi connectivity index (χ4v) is 9.68. The van der Waals surface area contributed by atoms with Crippen LogP contribution in [0.3, 0.4) is 0 Å². The van der Waals surface area contributed by atoms with E-state index in [9.17, 15) is 48.3 Å². The number of amides is 11. The highest BCUT2D eigenvalue weighted by molar-refractivity contribution is 5.98. The summed E-state index contributed by atoms with van der Waals surface area (Å²) in [5.41, 5.74) is 5.62. The van der Waals surface area contributed by atoms with Crippen LogP contribution < -0.4 is 21.7 Å². The van der Waals surface area contributed by atoms with E-state index >= 15 is 9.59 Å². The Morgan fingerprint density at radius 1 is 0.482 bits per heavy atom. The van der Waals surface area contributed by atoms with Crippen LogP contribution >= 0.6 is 0 Å². The van der Waals surface area contributed by atoms with Crippen LogP contribution in [0.5, 0.6) is 0 Å². The molecule has 0 spiro atoms. The number of rotatable bonds is 34. The van der Waals surface area contributed by atoms with Crippen LogP contribution in [0.2, 0.25) is 0 Å². The minimum atomic E-state index is -1.60. The maximum absolute atomic E-state index is 15.1. The van der Waals surface area contributed by atoms with Crippen molar-refractivity contribution >= 4 is 65.0 Å². The van der Waals surface area contributed by atoms with Crippen molar-refractivity contribution in [2.24, 2.45) is 47.2 Å². The Bertz CT molecular complexity index is 2240. The summed E-state index contributed by atoms with van der Waals surface area (Å²) in [6, 6.07) is -10.4. The first-order chi connectivity index (χ1) is 38.2. The Balaban J connectivity index is 7.00. The fourth-order valence-electron chi connectivity index (χ4n) is 9.68. The van der Waals surface area contributed by atoms with Gasteiger partial charge < -0.3 is 61.1 Å². The van der Waals surface area contributed by atoms with E-state index in [1.165, 1.54) is 87.7 Å². The molecule has 0 heterocycles. The highest BCUT2D eigenvalue weighted by Gasteiger charge is 2.45. The molecular formula is C60H109N11O12. The number of hydrogen-bond donors (Lipinski definition) is 5. The molecule has 0 fully saturated rings. The maximum Gasteiger partial charge on any atom is 0.246 e. The third-order valence-corrected chi connectivity index (χ3v) is 15.8. The summed E-state index contributed by atoms with van der Waals surface area (Å²) in [7, 11) is 10.00. The van der Waals surface area contributed by atoms with Crippen molar-refractivity contribution in [1.29, 1.82) is 0 Å². The van der Waals surface area contributed by atoms with Gasteiger partial charge in [-0.3, -0.25) is 52.7 Å². The molecule has 1 unspecified atom stereocenters. The lowest BCUT2D eigenvalue weighted by molar-refractivity contribution is -0.157. The van der Waals surface area contributed by atoms with Crippen molar-refractivity contribution in [2.45, 2.75) is 210 Å². The van der Waals surface area contributed by atoms with E-state index < -0.39 is 138 Å². The lowest BCUT2D eigenvalue weighted by Crippen LogP contribution is -2.63. The molecule has 0 aromatic rings. The summed E-state index contributed by atoms with van der Waals surface area (Å²) < 4.78 is 0. The Kier molecular flexibility index (Phi) is 32.6. The smallest absolute Gasteiger partial charge is 0.246 e. The second-order valence-electron chi connectivity index (χ2n) is 24.8. The zero-order valence-corrected chi connectivity index (χ0v) is 54.9. The van der Waals surface area contributed by atoms with E-state index in [-0.39, 0.29) is 54.8 Å². The molecule has 0 saturated heterocycles. The number of nitrogens with zero attached hydrogens (tertiary/aromatic N) is 7. The quantitative estimate of drug-likeness (QED) is 0.0582. The monoisotopic (exact) mass is 1180 g/mol. The van der Waals surface area contributed by atoms with Crippen molar-refractivity contribution in [2.75, 3.05) is 55.9 Å². The average Bonchev–Trinajstić information content (AvgIpc) is 3.44. The molecule has 0 aromatic heterocycles. The molecule has 0 aliphatic rings. The Labute approximate surface area is 496 Å². The number of aliphatic hydroxyl groups is 1. The standard InChI is InChI=1S/C60H109N11O12/c1-25-27-28-38(13)50(73)49(54(77)64-43(26-2)57(80)65(18)32-47(72)67(20)44(51(61)74)29-33(3)4)71(24)60(83)48(37(11)12)70(23)59(82)46(31-35(7)8)69(22)58(81)45(30-34(5)6)68(21)56(79)41(16)63-52(75)40(15)62-53(76)42(17)66(19)55(78)39(14)36(9)10/h25,27,33-46,48-50,73H,26,28-32H2,1-24H3,(H2,61,74)(H,62,76)(H,63,75)(H,64,77)/b27-25+/t38-,39+,40+,41-,42-,43-,44-,45-,46+,48+,49?,50-/m0/s1. The van der Waals surface area contributed by atoms with Gasteiger partial charge in [0.05, 0.1) is 12.6 Å². The fraction of sp³-hybridized carbons (Fsp3) is 0.783. The highest BCUT2D eigenvalue weighted by Crippen LogP contribution is 2.25. The summed E-state index contributed by atoms with van der Waals surface area (Å²) >= 11 is 0. The number of carbonyl (C=O) groups excluding carboxylic acids is 11. The first-order valence-electron chi connectivity index (χ1n) is 29.5. The molecule has 0 aliphatic heterocycles. The average molecular weight is 1180 g/mol. The van der Waals surface area contributed by atoms with Gasteiger partial charge in [0.1, 0.15) is 54.4 Å². The Morgan fingerprint density at radius 2 is 0.928 bits per heavy atom. The van der Waals surface area contributed by atoms with Gasteiger partial charge in [-0.1, -0.05) is 102 Å². The van der Waals surface area contributed by atoms with E-state index in [4.69, 9.17) is 5.73 Å². The van der Waals surface area contributed by atoms with E-state index in [0.29, 0.717) is 12.8 Å². The van der Waals surface area contributed by atoms with Crippen LogP contribution in [0.4, 0.5) is 0 Å². The van der Waals surface area contributed by atoms with Gasteiger partial charge in [-0.05, 0) is 95.3 Å². The van der Waals surface area contributed by atoms with E-state index in [1.807, 2.05) is 55.4 Å². The van der Waals surface area contributed by atoms with Gasteiger partial charge in [0.15, 0.2) is 0 Å². The lowest BCUT2D eigenvalue weighted by Gasteiger charge is -2.41. The van der Waals surface area contributed by atoms with Crippen LogP contribution in [-0.2, 0) is 52.7 Å². The van der Waals surface area contributed by atoms with Crippen LogP contribution in [0.1, 0.15) is 150 Å². The van der Waals surface area contributed by atoms with Crippen molar-refractivity contribution in [3.05, 3.63) is 12.2 Å². The first-order valence-corrected chi connectivity index (χ1v) is 29.5. The number of nitrogens with two attached hydrogens (primary N) is 1. The second-order valence-corrected chi connectivity index (χ2v) is 24.8. The van der Waals surface area contributed by atoms with E-state index in [1.54, 1.807) is 60.6 Å². The topological polar surface area (TPSA) is 293 Å². The lowest BCUT2D eigenvalue weighted by atomic mass is 9.91. The van der Waals surface area contributed by atoms with Crippen LogP contribution in [0.25, 0.3) is 0 Å². The predicted molar refractivity (Wildman–Crippen MR) is 321 cm³/mol. The van der Waals surface area contributed by atoms with Crippen molar-refractivity contribution < 1.29 is 57.8 Å². The van der Waals surface area contributed by atoms with Gasteiger partial charge in [0.2, 0.25) is 65.0 Å². The molecule has 23 nitrogen and oxygen atoms in total. The van der Waals surface area contributed by atoms with Gasteiger partial charge >= 0.3 is 0 Å². The van der Waals surface area contributed by atoms with Crippen LogP contribution in [0, 0.1) is 41.4 Å². The Morgan fingerprint density at radius 3 is 1.36 bits per heavy atom. The predicted octanol–water partition coefficient (Wildman–Crippen LogP) is 2.87. The molecule has 6 N–H and O–H groups in total. The molecule has 0 bridgehead atoms. The SMILES string of the molecule is C/C=C/C[C@H](C)[C@H](O)C(C(=O)N[C@@H](CC)C(=O)N(C)CC(=O)N(C)[C@@H](CC(C)C)C(N)=O)N(C)C(=O)[C@@H](C(C)C)N(C)C(=O)[C@@H](CC(C)C)N(C)C(=O)[C@H](CC(C)C)N(C)C(=O)[C@H](C)NC(=O)[C@@H](C)NC(=O)[C@H](C)N(C)C(=O)[C@H](C)C(C)C. The summed E-state index contributed by atoms with van der Waals surface area (Å²) in [4.78, 5) is 161. The number of aliphatic hydroxyl groups excluding tert-OH is 1. The van der Waals surface area contributed by atoms with Gasteiger partial charge in [0.25, 0.3) is 0 Å². The van der Waals surface area contributed by atoms with E-state index in [2.05, 4.69) is 16.0 Å². The van der Waals surface area contributed by atoms with Crippen molar-refractivity contribution in [3.8, 4) is 0 Å². The summed E-state index contributed by atoms with van der Waals surface area (Å²) in [6.45, 7) is 29.4. The molecule has 476 valence electrons. The number of primary amides is 1. The normalized spacial score (nSPS) is 16.1. The summed E-state index contributed by atoms with van der Waals surface area (Å²) in [6.07, 6.45) is 3.08. The molecule has 0 saturated carbocycles. The number of carbonyl (C=O) groups is 11. The number of likely N-dealkylation sites (N-methyl/N-ethyl adjacent to an activating group) is 7.